The molecule has 1 saturated heterocycles. The van der Waals surface area contributed by atoms with Crippen molar-refractivity contribution in [3.05, 3.63) is 58.7 Å². The molecule has 1 aliphatic heterocycles. The van der Waals surface area contributed by atoms with Crippen molar-refractivity contribution < 1.29 is 18.0 Å². The van der Waals surface area contributed by atoms with E-state index in [1.807, 2.05) is 32.0 Å². The zero-order valence-electron chi connectivity index (χ0n) is 18.1. The van der Waals surface area contributed by atoms with Crippen LogP contribution in [0.1, 0.15) is 47.9 Å². The van der Waals surface area contributed by atoms with E-state index in [0.717, 1.165) is 36.8 Å². The monoisotopic (exact) mass is 440 g/mol. The lowest BCUT2D eigenvalue weighted by Gasteiger charge is -2.19. The Bertz CT molecular complexity index is 1110. The third-order valence-electron chi connectivity index (χ3n) is 6.53. The Balaban J connectivity index is 1.61. The lowest BCUT2D eigenvalue weighted by Crippen LogP contribution is -2.30. The molecule has 1 saturated carbocycles. The Hall–Kier alpha value is -2.67. The summed E-state index contributed by atoms with van der Waals surface area (Å²) < 4.78 is 29.1. The van der Waals surface area contributed by atoms with E-state index >= 15 is 0 Å². The number of carbonyl (C=O) groups is 2. The number of benzene rings is 2. The topological polar surface area (TPSA) is 83.6 Å². The van der Waals surface area contributed by atoms with Crippen molar-refractivity contribution in [3.8, 4) is 0 Å². The van der Waals surface area contributed by atoms with Crippen molar-refractivity contribution >= 4 is 27.5 Å². The fourth-order valence-electron chi connectivity index (χ4n) is 4.77. The number of nitrogens with zero attached hydrogens (tertiary/aromatic N) is 1. The van der Waals surface area contributed by atoms with Crippen LogP contribution in [0, 0.1) is 32.6 Å². The molecule has 0 radical (unpaired) electrons. The first-order valence-electron chi connectivity index (χ1n) is 10.7. The fourth-order valence-corrected chi connectivity index (χ4v) is 6.27. The first-order chi connectivity index (χ1) is 14.7. The van der Waals surface area contributed by atoms with Gasteiger partial charge in [-0.1, -0.05) is 43.2 Å². The Labute approximate surface area is 183 Å². The number of sulfonamides is 1. The number of aryl methyl sites for hydroxylation is 3. The maximum absolute atomic E-state index is 13.2. The molecular formula is C24H28N2O4S. The van der Waals surface area contributed by atoms with Crippen LogP contribution in [-0.2, 0) is 26.2 Å². The van der Waals surface area contributed by atoms with Gasteiger partial charge < -0.3 is 0 Å². The summed E-state index contributed by atoms with van der Waals surface area (Å²) in [6.45, 7) is 5.57. The maximum atomic E-state index is 13.2. The molecule has 2 amide bonds. The van der Waals surface area contributed by atoms with Crippen molar-refractivity contribution in [1.29, 1.82) is 0 Å². The van der Waals surface area contributed by atoms with Crippen LogP contribution < -0.4 is 4.72 Å². The number of para-hydroxylation sites is 1. The molecule has 2 aliphatic rings. The van der Waals surface area contributed by atoms with E-state index in [1.54, 1.807) is 25.1 Å². The normalized spacial score (nSPS) is 21.3. The molecule has 0 bridgehead atoms. The van der Waals surface area contributed by atoms with Gasteiger partial charge in [0, 0.05) is 0 Å². The number of hydrogen-bond donors (Lipinski definition) is 1. The van der Waals surface area contributed by atoms with Crippen LogP contribution in [0.15, 0.2) is 41.3 Å². The van der Waals surface area contributed by atoms with Gasteiger partial charge in [-0.3, -0.25) is 19.2 Å². The van der Waals surface area contributed by atoms with E-state index in [2.05, 4.69) is 4.72 Å². The number of nitrogens with one attached hydrogen (secondary N) is 1. The van der Waals surface area contributed by atoms with Crippen molar-refractivity contribution in [1.82, 2.24) is 4.90 Å². The van der Waals surface area contributed by atoms with Gasteiger partial charge in [0.1, 0.15) is 0 Å². The molecule has 164 valence electrons. The van der Waals surface area contributed by atoms with Gasteiger partial charge in [0.05, 0.1) is 29.0 Å². The van der Waals surface area contributed by atoms with Crippen molar-refractivity contribution in [2.45, 2.75) is 57.9 Å². The number of fused-ring (bicyclic) bond motifs is 1. The molecule has 2 aromatic rings. The first kappa shape index (κ1) is 21.6. The Kier molecular flexibility index (Phi) is 5.64. The highest BCUT2D eigenvalue weighted by Gasteiger charge is 2.47. The number of amides is 2. The van der Waals surface area contributed by atoms with E-state index in [4.69, 9.17) is 0 Å². The molecule has 31 heavy (non-hydrogen) atoms. The molecule has 4 rings (SSSR count). The van der Waals surface area contributed by atoms with Gasteiger partial charge >= 0.3 is 0 Å². The van der Waals surface area contributed by atoms with E-state index < -0.39 is 10.0 Å². The number of imide groups is 1. The largest absolute Gasteiger partial charge is 0.279 e. The van der Waals surface area contributed by atoms with Gasteiger partial charge in [-0.05, 0) is 61.9 Å². The molecule has 2 fully saturated rings. The fraction of sp³-hybridized carbons (Fsp3) is 0.417. The minimum Gasteiger partial charge on any atom is -0.279 e. The highest BCUT2D eigenvalue weighted by molar-refractivity contribution is 7.92. The van der Waals surface area contributed by atoms with E-state index in [0.29, 0.717) is 16.8 Å². The number of carbonyl (C=O) groups excluding carboxylic acids is 2. The van der Waals surface area contributed by atoms with Gasteiger partial charge in [-0.15, -0.1) is 0 Å². The molecule has 2 atom stereocenters. The predicted molar refractivity (Wildman–Crippen MR) is 119 cm³/mol. The van der Waals surface area contributed by atoms with Crippen LogP contribution in [-0.4, -0.2) is 25.1 Å². The quantitative estimate of drug-likeness (QED) is 0.710. The second-order valence-electron chi connectivity index (χ2n) is 8.73. The van der Waals surface area contributed by atoms with Gasteiger partial charge in [-0.2, -0.15) is 0 Å². The average molecular weight is 441 g/mol. The first-order valence-corrected chi connectivity index (χ1v) is 12.2. The molecule has 6 nitrogen and oxygen atoms in total. The van der Waals surface area contributed by atoms with Gasteiger partial charge in [0.15, 0.2) is 0 Å². The second-order valence-corrected chi connectivity index (χ2v) is 10.4. The lowest BCUT2D eigenvalue weighted by atomic mass is 9.81. The third-order valence-corrected chi connectivity index (χ3v) is 8.02. The summed E-state index contributed by atoms with van der Waals surface area (Å²) in [6, 6.07) is 10.7. The minimum absolute atomic E-state index is 0.108. The number of anilines is 1. The highest BCUT2D eigenvalue weighted by atomic mass is 32.2. The minimum atomic E-state index is -3.83. The van der Waals surface area contributed by atoms with Crippen LogP contribution in [0.5, 0.6) is 0 Å². The molecule has 0 spiro atoms. The van der Waals surface area contributed by atoms with Crippen LogP contribution in [0.2, 0.25) is 0 Å². The summed E-state index contributed by atoms with van der Waals surface area (Å²) in [5, 5.41) is 0. The van der Waals surface area contributed by atoms with Crippen molar-refractivity contribution in [3.63, 3.8) is 0 Å². The summed E-state index contributed by atoms with van der Waals surface area (Å²) in [5.74, 6) is -0.650. The van der Waals surface area contributed by atoms with Gasteiger partial charge in [0.25, 0.3) is 10.0 Å². The number of rotatable bonds is 5. The Morgan fingerprint density at radius 3 is 2.06 bits per heavy atom. The van der Waals surface area contributed by atoms with Gasteiger partial charge in [0.2, 0.25) is 11.8 Å². The zero-order chi connectivity index (χ0) is 22.3. The van der Waals surface area contributed by atoms with Crippen LogP contribution in [0.4, 0.5) is 5.69 Å². The summed E-state index contributed by atoms with van der Waals surface area (Å²) in [5.41, 5.74) is 3.49. The Morgan fingerprint density at radius 1 is 0.903 bits per heavy atom. The molecule has 0 aromatic heterocycles. The zero-order valence-corrected chi connectivity index (χ0v) is 19.0. The number of hydrogen-bond acceptors (Lipinski definition) is 4. The molecule has 1 heterocycles. The molecule has 0 unspecified atom stereocenters. The number of likely N-dealkylation sites (tertiary alicyclic amines) is 1. The molecule has 2 aromatic carbocycles. The van der Waals surface area contributed by atoms with Crippen LogP contribution >= 0.6 is 0 Å². The van der Waals surface area contributed by atoms with Gasteiger partial charge in [-0.25, -0.2) is 8.42 Å². The lowest BCUT2D eigenvalue weighted by molar-refractivity contribution is -0.140. The van der Waals surface area contributed by atoms with E-state index in [1.165, 1.54) is 4.90 Å². The Morgan fingerprint density at radius 2 is 1.48 bits per heavy atom. The standard InChI is InChI=1S/C24H28N2O4S/c1-15-11-12-18(14-26-23(27)19-9-4-5-10-20(19)24(26)28)13-21(15)31(29,30)25-22-16(2)7-6-8-17(22)3/h6-8,11-13,19-20,25H,4-5,9-10,14H2,1-3H3/t19-,20+. The third kappa shape index (κ3) is 3.99. The van der Waals surface area contributed by atoms with Crippen molar-refractivity contribution in [2.75, 3.05) is 4.72 Å². The summed E-state index contributed by atoms with van der Waals surface area (Å²) in [7, 11) is -3.83. The highest BCUT2D eigenvalue weighted by Crippen LogP contribution is 2.38. The molecule has 1 aliphatic carbocycles. The molecular weight excluding hydrogens is 412 g/mol. The van der Waals surface area contributed by atoms with E-state index in [9.17, 15) is 18.0 Å². The predicted octanol–water partition coefficient (Wildman–Crippen LogP) is 4.09. The van der Waals surface area contributed by atoms with Crippen molar-refractivity contribution in [2.24, 2.45) is 11.8 Å². The average Bonchev–Trinajstić information content (AvgIpc) is 2.97. The molecule has 1 N–H and O–H groups in total. The maximum Gasteiger partial charge on any atom is 0.262 e. The van der Waals surface area contributed by atoms with Crippen LogP contribution in [0.3, 0.4) is 0 Å². The summed E-state index contributed by atoms with van der Waals surface area (Å²) in [4.78, 5) is 27.1. The SMILES string of the molecule is Cc1ccc(CN2C(=O)[C@H]3CCCC[C@H]3C2=O)cc1S(=O)(=O)Nc1c(C)cccc1C. The second kappa shape index (κ2) is 8.11. The smallest absolute Gasteiger partial charge is 0.262 e. The summed E-state index contributed by atoms with van der Waals surface area (Å²) >= 11 is 0. The van der Waals surface area contributed by atoms with Crippen LogP contribution in [0.25, 0.3) is 0 Å². The van der Waals surface area contributed by atoms with E-state index in [-0.39, 0.29) is 35.1 Å². The molecule has 7 heteroatoms. The summed E-state index contributed by atoms with van der Waals surface area (Å²) in [6.07, 6.45) is 3.48.